The van der Waals surface area contributed by atoms with Crippen molar-refractivity contribution in [3.63, 3.8) is 0 Å². The van der Waals surface area contributed by atoms with Gasteiger partial charge < -0.3 is 19.1 Å². The summed E-state index contributed by atoms with van der Waals surface area (Å²) in [5.74, 6) is 0.760. The number of rotatable bonds is 7. The Morgan fingerprint density at radius 3 is 2.00 bits per heavy atom. The molecule has 0 spiro atoms. The third-order valence-corrected chi connectivity index (χ3v) is 3.58. The van der Waals surface area contributed by atoms with Crippen LogP contribution in [0.2, 0.25) is 6.04 Å². The molecule has 6 nitrogen and oxygen atoms in total. The lowest BCUT2D eigenvalue weighted by Crippen LogP contribution is -2.57. The number of guanidine groups is 1. The lowest BCUT2D eigenvalue weighted by Gasteiger charge is -2.40. The van der Waals surface area contributed by atoms with Crippen LogP contribution >= 0.6 is 0 Å². The van der Waals surface area contributed by atoms with Gasteiger partial charge in [-0.05, 0) is 6.42 Å². The van der Waals surface area contributed by atoms with E-state index in [4.69, 9.17) is 14.2 Å². The summed E-state index contributed by atoms with van der Waals surface area (Å²) in [6, 6.07) is 1.27. The monoisotopic (exact) mass is 277 g/mol. The molecule has 0 fully saturated rings. The van der Waals surface area contributed by atoms with Crippen molar-refractivity contribution in [1.82, 2.24) is 9.80 Å². The Balaban J connectivity index is 4.94. The van der Waals surface area contributed by atoms with Gasteiger partial charge in [-0.2, -0.15) is 0 Å². The van der Waals surface area contributed by atoms with E-state index in [0.29, 0.717) is 0 Å². The van der Waals surface area contributed by atoms with E-state index >= 15 is 0 Å². The average molecular weight is 277 g/mol. The maximum absolute atomic E-state index is 5.32. The first-order valence-corrected chi connectivity index (χ1v) is 7.51. The van der Waals surface area contributed by atoms with Crippen molar-refractivity contribution < 1.29 is 14.2 Å². The third-order valence-electron chi connectivity index (χ3n) is 2.87. The number of aliphatic imine (C=N–C) groups is 1. The van der Waals surface area contributed by atoms with Crippen molar-refractivity contribution in [2.75, 3.05) is 49.0 Å². The molecule has 0 heterocycles. The maximum Gasteiger partial charge on any atom is 0.378 e. The fraction of sp³-hybridized carbons (Fsp3) is 0.909. The van der Waals surface area contributed by atoms with Gasteiger partial charge in [0, 0.05) is 59.3 Å². The first-order valence-electron chi connectivity index (χ1n) is 6.10. The Morgan fingerprint density at radius 1 is 1.17 bits per heavy atom. The summed E-state index contributed by atoms with van der Waals surface area (Å²) in [5.41, 5.74) is 0. The van der Waals surface area contributed by atoms with Crippen LogP contribution in [0.1, 0.15) is 6.42 Å². The zero-order valence-corrected chi connectivity index (χ0v) is 14.7. The zero-order chi connectivity index (χ0) is 14.2. The van der Waals surface area contributed by atoms with Crippen LogP contribution in [-0.2, 0) is 14.2 Å². The summed E-state index contributed by atoms with van der Waals surface area (Å²) < 4.78 is 15.9. The molecule has 0 atom stereocenters. The molecule has 0 radical (unpaired) electrons. The van der Waals surface area contributed by atoms with Crippen molar-refractivity contribution in [1.29, 1.82) is 0 Å². The summed E-state index contributed by atoms with van der Waals surface area (Å²) in [5, 5.41) is 0. The summed E-state index contributed by atoms with van der Waals surface area (Å²) in [6.45, 7) is 0.952. The van der Waals surface area contributed by atoms with E-state index in [1.165, 1.54) is 37.6 Å². The first kappa shape index (κ1) is 17.4. The zero-order valence-electron chi connectivity index (χ0n) is 12.7. The Kier molecular flexibility index (Phi) is 8.17. The number of hydrogen-bond donors (Lipinski definition) is 0. The highest BCUT2D eigenvalue weighted by molar-refractivity contribution is 6.08. The third kappa shape index (κ3) is 3.94. The Bertz CT molecular complexity index is 252. The molecule has 0 saturated heterocycles. The molecule has 7 heteroatoms. The number of nitrogens with zero attached hydrogens (tertiary/aromatic N) is 3. The fourth-order valence-corrected chi connectivity index (χ4v) is 2.17. The van der Waals surface area contributed by atoms with Gasteiger partial charge >= 0.3 is 6.10 Å². The van der Waals surface area contributed by atoms with Crippen molar-refractivity contribution in [3.8, 4) is 0 Å². The fourth-order valence-electron chi connectivity index (χ4n) is 1.86. The van der Waals surface area contributed by atoms with Crippen molar-refractivity contribution in [3.05, 3.63) is 0 Å². The number of hydrogen-bond acceptors (Lipinski definition) is 4. The van der Waals surface area contributed by atoms with E-state index < -0.39 is 6.10 Å². The van der Waals surface area contributed by atoms with E-state index in [-0.39, 0.29) is 0 Å². The van der Waals surface area contributed by atoms with Crippen molar-refractivity contribution in [2.45, 2.75) is 18.6 Å². The summed E-state index contributed by atoms with van der Waals surface area (Å²) in [6.07, 6.45) is -0.0837. The number of methoxy groups -OCH3 is 3. The summed E-state index contributed by atoms with van der Waals surface area (Å²) in [7, 11) is 11.4. The maximum atomic E-state index is 5.32. The van der Waals surface area contributed by atoms with Crippen LogP contribution in [0.3, 0.4) is 0 Å². The van der Waals surface area contributed by atoms with Gasteiger partial charge in [-0.3, -0.25) is 9.89 Å². The first-order chi connectivity index (χ1) is 8.52. The lowest BCUT2D eigenvalue weighted by atomic mass is 10.4. The highest BCUT2D eigenvalue weighted by atomic mass is 28.1. The molecule has 0 aromatic heterocycles. The second kappa shape index (κ2) is 8.47. The van der Waals surface area contributed by atoms with Gasteiger partial charge in [0.15, 0.2) is 0 Å². The molecule has 0 aliphatic carbocycles. The molecule has 0 bridgehead atoms. The molecule has 0 aromatic carbocycles. The van der Waals surface area contributed by atoms with Crippen molar-refractivity contribution in [2.24, 2.45) is 4.99 Å². The van der Waals surface area contributed by atoms with Crippen LogP contribution in [0.4, 0.5) is 0 Å². The molecular weight excluding hydrogens is 250 g/mol. The van der Waals surface area contributed by atoms with Gasteiger partial charge in [0.25, 0.3) is 0 Å². The van der Waals surface area contributed by atoms with E-state index in [9.17, 15) is 0 Å². The van der Waals surface area contributed by atoms with Crippen LogP contribution < -0.4 is 0 Å². The lowest BCUT2D eigenvalue weighted by molar-refractivity contribution is -0.405. The largest absolute Gasteiger partial charge is 0.378 e. The minimum Gasteiger partial charge on any atom is -0.346 e. The molecule has 0 rings (SSSR count). The highest BCUT2D eigenvalue weighted by Gasteiger charge is 2.38. The molecule has 0 amide bonds. The average Bonchev–Trinajstić information content (AvgIpc) is 2.40. The molecule has 0 aromatic rings. The van der Waals surface area contributed by atoms with E-state index in [1.54, 1.807) is 11.9 Å². The Morgan fingerprint density at radius 2 is 1.67 bits per heavy atom. The minimum atomic E-state index is -1.25. The molecule has 0 unspecified atom stereocenters. The molecule has 0 N–H and O–H groups in total. The van der Waals surface area contributed by atoms with E-state index in [2.05, 4.69) is 9.89 Å². The molecule has 0 aliphatic rings. The van der Waals surface area contributed by atoms with Gasteiger partial charge in [-0.15, -0.1) is 0 Å². The molecule has 18 heavy (non-hydrogen) atoms. The van der Waals surface area contributed by atoms with Crippen LogP contribution in [-0.4, -0.2) is 81.1 Å². The van der Waals surface area contributed by atoms with Gasteiger partial charge in [-0.1, -0.05) is 6.04 Å². The second-order valence-corrected chi connectivity index (χ2v) is 4.99. The van der Waals surface area contributed by atoms with Gasteiger partial charge in [-0.25, -0.2) is 0 Å². The van der Waals surface area contributed by atoms with Crippen LogP contribution in [0.25, 0.3) is 0 Å². The van der Waals surface area contributed by atoms with Gasteiger partial charge in [0.1, 0.15) is 0 Å². The van der Waals surface area contributed by atoms with Gasteiger partial charge in [0.2, 0.25) is 5.96 Å². The molecule has 0 aliphatic heterocycles. The Hall–Kier alpha value is -0.633. The summed E-state index contributed by atoms with van der Waals surface area (Å²) in [4.78, 5) is 8.10. The van der Waals surface area contributed by atoms with Gasteiger partial charge in [0.05, 0.1) is 0 Å². The quantitative estimate of drug-likeness (QED) is 0.273. The predicted octanol–water partition coefficient (Wildman–Crippen LogP) is -0.440. The molecule has 0 saturated carbocycles. The van der Waals surface area contributed by atoms with Crippen molar-refractivity contribution >= 4 is 16.2 Å². The normalized spacial score (nSPS) is 12.9. The van der Waals surface area contributed by atoms with E-state index in [1.807, 2.05) is 14.1 Å². The predicted molar refractivity (Wildman–Crippen MR) is 76.9 cm³/mol. The SMILES string of the molecule is CN=C(N(C)CCC[SiH3])N(C)C(OC)(OC)OC. The van der Waals surface area contributed by atoms with E-state index in [0.717, 1.165) is 18.9 Å². The number of ether oxygens (including phenoxy) is 3. The van der Waals surface area contributed by atoms with Crippen LogP contribution in [0, 0.1) is 0 Å². The van der Waals surface area contributed by atoms with Crippen LogP contribution in [0.5, 0.6) is 0 Å². The van der Waals surface area contributed by atoms with Crippen LogP contribution in [0.15, 0.2) is 4.99 Å². The second-order valence-electron chi connectivity index (χ2n) is 3.99. The standard InChI is InChI=1S/C11H27N3O3Si/c1-12-10(13(2)8-7-9-18)14(3)11(15-4,16-5)17-6/h7-9H2,1-6,18H3. The Labute approximate surface area is 113 Å². The smallest absolute Gasteiger partial charge is 0.346 e. The topological polar surface area (TPSA) is 46.5 Å². The molecular formula is C11H27N3O3Si. The highest BCUT2D eigenvalue weighted by Crippen LogP contribution is 2.18. The minimum absolute atomic E-state index is 0.760. The summed E-state index contributed by atoms with van der Waals surface area (Å²) >= 11 is 0. The molecule has 108 valence electrons.